The van der Waals surface area contributed by atoms with Crippen LogP contribution in [0.2, 0.25) is 0 Å². The molecule has 1 N–H and O–H groups in total. The van der Waals surface area contributed by atoms with Gasteiger partial charge in [-0.1, -0.05) is 17.8 Å². The van der Waals surface area contributed by atoms with Crippen LogP contribution >= 0.6 is 11.8 Å². The molecule has 2 aromatic heterocycles. The van der Waals surface area contributed by atoms with E-state index in [2.05, 4.69) is 31.3 Å². The van der Waals surface area contributed by atoms with Gasteiger partial charge in [0.15, 0.2) is 5.16 Å². The van der Waals surface area contributed by atoms with Crippen LogP contribution in [0.3, 0.4) is 0 Å². The molecule has 1 aliphatic heterocycles. The minimum absolute atomic E-state index is 0.0610. The molecule has 0 bridgehead atoms. The van der Waals surface area contributed by atoms with Crippen LogP contribution in [0, 0.1) is 0 Å². The predicted molar refractivity (Wildman–Crippen MR) is 101 cm³/mol. The van der Waals surface area contributed by atoms with E-state index in [1.165, 1.54) is 18.1 Å². The minimum atomic E-state index is -0.0656. The average Bonchev–Trinajstić information content (AvgIpc) is 3.14. The van der Waals surface area contributed by atoms with Gasteiger partial charge in [0, 0.05) is 36.8 Å². The smallest absolute Gasteiger partial charge is 0.230 e. The molecule has 27 heavy (non-hydrogen) atoms. The molecule has 1 atom stereocenters. The summed E-state index contributed by atoms with van der Waals surface area (Å²) >= 11 is 1.31. The molecule has 3 heterocycles. The fourth-order valence-electron chi connectivity index (χ4n) is 2.83. The van der Waals surface area contributed by atoms with E-state index < -0.39 is 0 Å². The van der Waals surface area contributed by atoms with E-state index in [1.807, 2.05) is 12.1 Å². The standard InChI is InChI=1S/C19H17N5O2S/c25-18(11-27-19-22-4-1-5-23-19)24-10-16-7-14-6-13(2-3-17(14)26-16)15-8-20-12-21-9-15/h1-6,8-9,12,16H,7,10-11H2,(H,24,25)/t16-/m0/s1. The Hall–Kier alpha value is -3.00. The van der Waals surface area contributed by atoms with Gasteiger partial charge in [-0.25, -0.2) is 19.9 Å². The van der Waals surface area contributed by atoms with Crippen molar-refractivity contribution in [2.75, 3.05) is 12.3 Å². The summed E-state index contributed by atoms with van der Waals surface area (Å²) in [6.07, 6.45) is 9.10. The number of aromatic nitrogens is 4. The lowest BCUT2D eigenvalue weighted by molar-refractivity contribution is -0.118. The van der Waals surface area contributed by atoms with E-state index in [0.29, 0.717) is 11.7 Å². The first-order chi connectivity index (χ1) is 13.3. The average molecular weight is 379 g/mol. The maximum Gasteiger partial charge on any atom is 0.230 e. The van der Waals surface area contributed by atoms with Gasteiger partial charge in [-0.15, -0.1) is 0 Å². The van der Waals surface area contributed by atoms with Crippen molar-refractivity contribution in [2.45, 2.75) is 17.7 Å². The van der Waals surface area contributed by atoms with Crippen molar-refractivity contribution in [2.24, 2.45) is 0 Å². The van der Waals surface area contributed by atoms with Gasteiger partial charge in [0.25, 0.3) is 0 Å². The molecule has 8 heteroatoms. The van der Waals surface area contributed by atoms with Gasteiger partial charge < -0.3 is 10.1 Å². The Balaban J connectivity index is 1.29. The Morgan fingerprint density at radius 1 is 1.19 bits per heavy atom. The van der Waals surface area contributed by atoms with Gasteiger partial charge in [0.1, 0.15) is 18.2 Å². The summed E-state index contributed by atoms with van der Waals surface area (Å²) in [5.74, 6) is 1.08. The highest BCUT2D eigenvalue weighted by Gasteiger charge is 2.23. The summed E-state index contributed by atoms with van der Waals surface area (Å²) in [5.41, 5.74) is 3.15. The Kier molecular flexibility index (Phi) is 5.24. The van der Waals surface area contributed by atoms with Crippen LogP contribution in [-0.2, 0) is 11.2 Å². The SMILES string of the molecule is O=C(CSc1ncccn1)NC[C@@H]1Cc2cc(-c3cncnc3)ccc2O1. The lowest BCUT2D eigenvalue weighted by atomic mass is 10.0. The first-order valence-electron chi connectivity index (χ1n) is 8.49. The highest BCUT2D eigenvalue weighted by atomic mass is 32.2. The second-order valence-corrected chi connectivity index (χ2v) is 6.96. The first-order valence-corrected chi connectivity index (χ1v) is 9.48. The molecule has 0 aliphatic carbocycles. The molecule has 1 aromatic carbocycles. The first kappa shape index (κ1) is 17.4. The summed E-state index contributed by atoms with van der Waals surface area (Å²) < 4.78 is 5.93. The number of hydrogen-bond donors (Lipinski definition) is 1. The third-order valence-corrected chi connectivity index (χ3v) is 4.97. The van der Waals surface area contributed by atoms with E-state index in [4.69, 9.17) is 4.74 Å². The maximum atomic E-state index is 12.0. The molecule has 4 rings (SSSR count). The molecule has 0 saturated carbocycles. The number of fused-ring (bicyclic) bond motifs is 1. The van der Waals surface area contributed by atoms with Gasteiger partial charge in [-0.05, 0) is 29.3 Å². The van der Waals surface area contributed by atoms with Crippen LogP contribution in [0.5, 0.6) is 5.75 Å². The zero-order valence-corrected chi connectivity index (χ0v) is 15.2. The molecule has 1 aliphatic rings. The third-order valence-electron chi connectivity index (χ3n) is 4.10. The van der Waals surface area contributed by atoms with Gasteiger partial charge in [-0.2, -0.15) is 0 Å². The molecule has 3 aromatic rings. The number of nitrogens with zero attached hydrogens (tertiary/aromatic N) is 4. The van der Waals surface area contributed by atoms with E-state index in [9.17, 15) is 4.79 Å². The van der Waals surface area contributed by atoms with Crippen LogP contribution in [0.25, 0.3) is 11.1 Å². The number of amides is 1. The Bertz CT molecular complexity index is 924. The Labute approximate surface area is 160 Å². The molecular formula is C19H17N5O2S. The lowest BCUT2D eigenvalue weighted by Gasteiger charge is -2.11. The molecule has 7 nitrogen and oxygen atoms in total. The van der Waals surface area contributed by atoms with E-state index in [-0.39, 0.29) is 17.8 Å². The van der Waals surface area contributed by atoms with Gasteiger partial charge in [0.2, 0.25) is 5.91 Å². The van der Waals surface area contributed by atoms with Crippen molar-refractivity contribution < 1.29 is 9.53 Å². The van der Waals surface area contributed by atoms with Crippen LogP contribution in [0.1, 0.15) is 5.56 Å². The van der Waals surface area contributed by atoms with Crippen molar-refractivity contribution in [1.82, 2.24) is 25.3 Å². The Morgan fingerprint density at radius 2 is 2.00 bits per heavy atom. The molecular weight excluding hydrogens is 362 g/mol. The van der Waals surface area contributed by atoms with Crippen LogP contribution in [0.15, 0.2) is 60.5 Å². The van der Waals surface area contributed by atoms with Crippen molar-refractivity contribution in [3.05, 3.63) is 60.9 Å². The van der Waals surface area contributed by atoms with Crippen molar-refractivity contribution in [3.63, 3.8) is 0 Å². The summed E-state index contributed by atoms with van der Waals surface area (Å²) in [4.78, 5) is 28.3. The summed E-state index contributed by atoms with van der Waals surface area (Å²) in [6, 6.07) is 7.80. The molecule has 0 fully saturated rings. The number of carbonyl (C=O) groups excluding carboxylic acids is 1. The largest absolute Gasteiger partial charge is 0.488 e. The number of benzene rings is 1. The molecule has 1 amide bonds. The van der Waals surface area contributed by atoms with Crippen molar-refractivity contribution >= 4 is 17.7 Å². The number of hydrogen-bond acceptors (Lipinski definition) is 7. The quantitative estimate of drug-likeness (QED) is 0.518. The maximum absolute atomic E-state index is 12.0. The molecule has 0 spiro atoms. The summed E-state index contributed by atoms with van der Waals surface area (Å²) in [7, 11) is 0. The van der Waals surface area contributed by atoms with E-state index in [0.717, 1.165) is 28.9 Å². The fourth-order valence-corrected chi connectivity index (χ4v) is 3.46. The van der Waals surface area contributed by atoms with E-state index >= 15 is 0 Å². The lowest BCUT2D eigenvalue weighted by Crippen LogP contribution is -2.35. The number of rotatable bonds is 6. The number of ether oxygens (including phenoxy) is 1. The van der Waals surface area contributed by atoms with Crippen molar-refractivity contribution in [1.29, 1.82) is 0 Å². The second kappa shape index (κ2) is 8.13. The number of nitrogens with one attached hydrogen (secondary N) is 1. The van der Waals surface area contributed by atoms with Gasteiger partial charge in [-0.3, -0.25) is 4.79 Å². The minimum Gasteiger partial charge on any atom is -0.488 e. The molecule has 0 unspecified atom stereocenters. The summed E-state index contributed by atoms with van der Waals surface area (Å²) in [6.45, 7) is 0.466. The monoisotopic (exact) mass is 379 g/mol. The highest BCUT2D eigenvalue weighted by Crippen LogP contribution is 2.32. The molecule has 0 saturated heterocycles. The summed E-state index contributed by atoms with van der Waals surface area (Å²) in [5, 5.41) is 3.51. The topological polar surface area (TPSA) is 89.9 Å². The number of carbonyl (C=O) groups is 1. The molecule has 136 valence electrons. The molecule has 0 radical (unpaired) electrons. The zero-order chi connectivity index (χ0) is 18.5. The fraction of sp³-hybridized carbons (Fsp3) is 0.211. The van der Waals surface area contributed by atoms with Gasteiger partial charge in [0.05, 0.1) is 12.3 Å². The Morgan fingerprint density at radius 3 is 2.81 bits per heavy atom. The highest BCUT2D eigenvalue weighted by molar-refractivity contribution is 7.99. The van der Waals surface area contributed by atoms with Crippen LogP contribution < -0.4 is 10.1 Å². The van der Waals surface area contributed by atoms with Gasteiger partial charge >= 0.3 is 0 Å². The van der Waals surface area contributed by atoms with E-state index in [1.54, 1.807) is 30.9 Å². The van der Waals surface area contributed by atoms with Crippen molar-refractivity contribution in [3.8, 4) is 16.9 Å². The normalized spacial score (nSPS) is 15.0. The van der Waals surface area contributed by atoms with Crippen LogP contribution in [0.4, 0.5) is 0 Å². The predicted octanol–water partition coefficient (Wildman–Crippen LogP) is 2.15. The van der Waals surface area contributed by atoms with Crippen LogP contribution in [-0.4, -0.2) is 44.2 Å². The second-order valence-electron chi connectivity index (χ2n) is 6.02. The zero-order valence-electron chi connectivity index (χ0n) is 14.4. The number of thioether (sulfide) groups is 1. The third kappa shape index (κ3) is 4.40.